The Morgan fingerprint density at radius 3 is 2.00 bits per heavy atom. The lowest BCUT2D eigenvalue weighted by atomic mass is 9.83. The molecule has 0 aliphatic heterocycles. The molecule has 0 spiro atoms. The van der Waals surface area contributed by atoms with Crippen LogP contribution in [0.3, 0.4) is 0 Å². The lowest BCUT2D eigenvalue weighted by Crippen LogP contribution is -2.21. The van der Waals surface area contributed by atoms with Crippen molar-refractivity contribution >= 4 is 33.9 Å². The van der Waals surface area contributed by atoms with Crippen LogP contribution < -0.4 is 4.74 Å². The zero-order valence-corrected chi connectivity index (χ0v) is 15.4. The number of ether oxygens (including phenoxy) is 1. The second kappa shape index (κ2) is 6.32. The Hall–Kier alpha value is -3.43. The number of rotatable bonds is 2. The molecule has 1 aliphatic rings. The summed E-state index contributed by atoms with van der Waals surface area (Å²) < 4.78 is 6.15. The van der Waals surface area contributed by atoms with Crippen LogP contribution in [0.5, 0.6) is 11.5 Å². The Labute approximate surface area is 166 Å². The molecule has 0 saturated heterocycles. The van der Waals surface area contributed by atoms with E-state index in [9.17, 15) is 9.59 Å². The van der Waals surface area contributed by atoms with Crippen LogP contribution in [0.15, 0.2) is 78.9 Å². The van der Waals surface area contributed by atoms with E-state index >= 15 is 0 Å². The van der Waals surface area contributed by atoms with Crippen molar-refractivity contribution in [2.75, 3.05) is 0 Å². The summed E-state index contributed by atoms with van der Waals surface area (Å²) in [6.45, 7) is 0. The number of carbonyl (C=O) groups excluding carboxylic acids is 2. The number of hydrogen-bond acceptors (Lipinski definition) is 3. The minimum absolute atomic E-state index is 0.170. The molecule has 0 saturated carbocycles. The number of fused-ring (bicyclic) bond motifs is 3. The molecule has 0 bridgehead atoms. The van der Waals surface area contributed by atoms with Gasteiger partial charge in [-0.15, -0.1) is 0 Å². The molecule has 4 aromatic carbocycles. The molecular weight excluding hydrogens is 372 g/mol. The highest BCUT2D eigenvalue weighted by Crippen LogP contribution is 2.38. The summed E-state index contributed by atoms with van der Waals surface area (Å²) in [5.74, 6) is 0.556. The summed E-state index contributed by atoms with van der Waals surface area (Å²) in [5, 5.41) is 2.32. The molecule has 1 aliphatic carbocycles. The van der Waals surface area contributed by atoms with Gasteiger partial charge in [-0.1, -0.05) is 72.3 Å². The van der Waals surface area contributed by atoms with Crippen molar-refractivity contribution in [3.05, 3.63) is 106 Å². The third-order valence-corrected chi connectivity index (χ3v) is 5.29. The molecule has 0 fully saturated rings. The van der Waals surface area contributed by atoms with Crippen LogP contribution in [0, 0.1) is 0 Å². The van der Waals surface area contributed by atoms with E-state index in [4.69, 9.17) is 16.3 Å². The maximum Gasteiger partial charge on any atom is 0.198 e. The molecule has 0 N–H and O–H groups in total. The highest BCUT2D eigenvalue weighted by molar-refractivity contribution is 6.35. The topological polar surface area (TPSA) is 43.4 Å². The predicted octanol–water partition coefficient (Wildman–Crippen LogP) is 6.06. The van der Waals surface area contributed by atoms with Crippen molar-refractivity contribution < 1.29 is 14.3 Å². The fraction of sp³-hybridized carbons (Fsp3) is 0. The summed E-state index contributed by atoms with van der Waals surface area (Å²) in [5.41, 5.74) is 1.48. The molecule has 134 valence electrons. The first kappa shape index (κ1) is 16.7. The van der Waals surface area contributed by atoms with Gasteiger partial charge in [0.2, 0.25) is 0 Å². The van der Waals surface area contributed by atoms with Crippen LogP contribution in [-0.2, 0) is 0 Å². The second-order valence-corrected chi connectivity index (χ2v) is 6.98. The van der Waals surface area contributed by atoms with Crippen LogP contribution in [0.25, 0.3) is 10.8 Å². The maximum atomic E-state index is 13.1. The molecule has 0 radical (unpaired) electrons. The van der Waals surface area contributed by atoms with Crippen LogP contribution in [0.2, 0.25) is 5.02 Å². The van der Waals surface area contributed by atoms with Gasteiger partial charge in [0.05, 0.1) is 5.56 Å². The van der Waals surface area contributed by atoms with Gasteiger partial charge >= 0.3 is 0 Å². The first-order chi connectivity index (χ1) is 13.6. The molecule has 3 nitrogen and oxygen atoms in total. The largest absolute Gasteiger partial charge is 0.456 e. The predicted molar refractivity (Wildman–Crippen MR) is 109 cm³/mol. The standard InChI is InChI=1S/C24H13ClO3/c25-19-11-3-9-15-14(19)8-4-12-20(15)28-21-13-5-10-18-22(21)24(27)17-7-2-1-6-16(17)23(18)26/h1-13H. The Morgan fingerprint density at radius 2 is 1.18 bits per heavy atom. The third kappa shape index (κ3) is 2.44. The molecule has 0 atom stereocenters. The van der Waals surface area contributed by atoms with Crippen molar-refractivity contribution in [1.82, 2.24) is 0 Å². The average molecular weight is 385 g/mol. The molecular formula is C24H13ClO3. The summed E-state index contributed by atoms with van der Waals surface area (Å²) in [7, 11) is 0. The minimum atomic E-state index is -0.209. The molecule has 0 aromatic heterocycles. The normalized spacial score (nSPS) is 12.6. The highest BCUT2D eigenvalue weighted by atomic mass is 35.5. The van der Waals surface area contributed by atoms with E-state index in [1.54, 1.807) is 42.5 Å². The number of carbonyl (C=O) groups is 2. The van der Waals surface area contributed by atoms with Crippen molar-refractivity contribution in [2.45, 2.75) is 0 Å². The molecule has 0 unspecified atom stereocenters. The molecule has 4 aromatic rings. The molecule has 0 heterocycles. The zero-order chi connectivity index (χ0) is 19.3. The monoisotopic (exact) mass is 384 g/mol. The number of hydrogen-bond donors (Lipinski definition) is 0. The van der Waals surface area contributed by atoms with Crippen molar-refractivity contribution in [3.63, 3.8) is 0 Å². The summed E-state index contributed by atoms with van der Waals surface area (Å²) in [6.07, 6.45) is 0. The van der Waals surface area contributed by atoms with Gasteiger partial charge in [0.15, 0.2) is 11.6 Å². The lowest BCUT2D eigenvalue weighted by Gasteiger charge is -2.20. The van der Waals surface area contributed by atoms with Gasteiger partial charge in [-0.05, 0) is 18.2 Å². The zero-order valence-electron chi connectivity index (χ0n) is 14.6. The Balaban J connectivity index is 1.68. The second-order valence-electron chi connectivity index (χ2n) is 6.58. The van der Waals surface area contributed by atoms with Crippen LogP contribution >= 0.6 is 11.6 Å². The van der Waals surface area contributed by atoms with E-state index in [1.807, 2.05) is 36.4 Å². The van der Waals surface area contributed by atoms with E-state index in [2.05, 4.69) is 0 Å². The maximum absolute atomic E-state index is 13.1. The minimum Gasteiger partial charge on any atom is -0.456 e. The van der Waals surface area contributed by atoms with Crippen LogP contribution in [-0.4, -0.2) is 11.6 Å². The molecule has 4 heteroatoms. The van der Waals surface area contributed by atoms with Gasteiger partial charge in [0, 0.05) is 32.5 Å². The van der Waals surface area contributed by atoms with Crippen LogP contribution in [0.1, 0.15) is 31.8 Å². The van der Waals surface area contributed by atoms with Crippen molar-refractivity contribution in [2.24, 2.45) is 0 Å². The molecule has 28 heavy (non-hydrogen) atoms. The number of halogens is 1. The first-order valence-corrected chi connectivity index (χ1v) is 9.19. The van der Waals surface area contributed by atoms with Gasteiger partial charge in [-0.2, -0.15) is 0 Å². The Morgan fingerprint density at radius 1 is 0.571 bits per heavy atom. The fourth-order valence-corrected chi connectivity index (χ4v) is 3.89. The Bertz CT molecular complexity index is 1290. The van der Waals surface area contributed by atoms with E-state index in [1.165, 1.54) is 0 Å². The first-order valence-electron chi connectivity index (χ1n) is 8.81. The van der Waals surface area contributed by atoms with Crippen LogP contribution in [0.4, 0.5) is 0 Å². The van der Waals surface area contributed by atoms with Gasteiger partial charge in [0.1, 0.15) is 11.5 Å². The molecule has 0 amide bonds. The average Bonchev–Trinajstić information content (AvgIpc) is 2.73. The highest BCUT2D eigenvalue weighted by Gasteiger charge is 2.32. The summed E-state index contributed by atoms with van der Waals surface area (Å²) >= 11 is 6.29. The Kier molecular flexibility index (Phi) is 3.78. The number of ketones is 2. The van der Waals surface area contributed by atoms with E-state index in [0.717, 1.165) is 10.8 Å². The van der Waals surface area contributed by atoms with Gasteiger partial charge in [-0.3, -0.25) is 9.59 Å². The fourth-order valence-electron chi connectivity index (χ4n) is 3.65. The SMILES string of the molecule is O=C1c2ccccc2C(=O)c2c(Oc3cccc4c(Cl)cccc34)cccc21. The lowest BCUT2D eigenvalue weighted by molar-refractivity contribution is 0.0977. The van der Waals surface area contributed by atoms with Gasteiger partial charge in [-0.25, -0.2) is 0 Å². The van der Waals surface area contributed by atoms with Crippen molar-refractivity contribution in [1.29, 1.82) is 0 Å². The third-order valence-electron chi connectivity index (χ3n) is 4.96. The van der Waals surface area contributed by atoms with E-state index in [0.29, 0.717) is 38.8 Å². The quantitative estimate of drug-likeness (QED) is 0.371. The summed E-state index contributed by atoms with van der Waals surface area (Å²) in [6, 6.07) is 23.1. The van der Waals surface area contributed by atoms with Gasteiger partial charge in [0.25, 0.3) is 0 Å². The number of benzene rings is 4. The molecule has 5 rings (SSSR count). The smallest absolute Gasteiger partial charge is 0.198 e. The van der Waals surface area contributed by atoms with Crippen molar-refractivity contribution in [3.8, 4) is 11.5 Å². The van der Waals surface area contributed by atoms with Gasteiger partial charge < -0.3 is 4.74 Å². The van der Waals surface area contributed by atoms with E-state index in [-0.39, 0.29) is 11.6 Å². The van der Waals surface area contributed by atoms with E-state index < -0.39 is 0 Å². The summed E-state index contributed by atoms with van der Waals surface area (Å²) in [4.78, 5) is 26.0.